The van der Waals surface area contributed by atoms with E-state index in [9.17, 15) is 9.90 Å². The van der Waals surface area contributed by atoms with Crippen LogP contribution in [0.1, 0.15) is 25.0 Å². The van der Waals surface area contributed by atoms with E-state index in [1.807, 2.05) is 18.7 Å². The van der Waals surface area contributed by atoms with Crippen LogP contribution in [-0.4, -0.2) is 53.2 Å². The number of likely N-dealkylation sites (N-methyl/N-ethyl adjacent to an activating group) is 1. The Bertz CT molecular complexity index is 490. The molecule has 0 amide bonds. The first kappa shape index (κ1) is 15.1. The third kappa shape index (κ3) is 4.08. The molecule has 0 bridgehead atoms. The fourth-order valence-electron chi connectivity index (χ4n) is 2.60. The average molecular weight is 279 g/mol. The summed E-state index contributed by atoms with van der Waals surface area (Å²) in [5.41, 5.74) is 0.717. The van der Waals surface area contributed by atoms with Gasteiger partial charge in [0.1, 0.15) is 0 Å². The van der Waals surface area contributed by atoms with Gasteiger partial charge >= 0.3 is 0 Å². The van der Waals surface area contributed by atoms with Crippen LogP contribution >= 0.6 is 0 Å². The van der Waals surface area contributed by atoms with Crippen molar-refractivity contribution >= 4 is 0 Å². The molecule has 0 unspecified atom stereocenters. The standard InChI is InChI=1S/C15H25N3O2/c1-16(2)8-9-18-12-15(20)14(19)10-13(18)11-17-6-4-3-5-7-17/h10,12,20H,3-9,11H2,1-2H3. The maximum atomic E-state index is 11.7. The van der Waals surface area contributed by atoms with Crippen LogP contribution in [0.3, 0.4) is 0 Å². The Balaban J connectivity index is 2.15. The monoisotopic (exact) mass is 279 g/mol. The molecule has 0 atom stereocenters. The zero-order valence-electron chi connectivity index (χ0n) is 12.5. The molecule has 0 aliphatic carbocycles. The number of rotatable bonds is 5. The van der Waals surface area contributed by atoms with Crippen molar-refractivity contribution < 1.29 is 5.11 Å². The van der Waals surface area contributed by atoms with E-state index in [2.05, 4.69) is 9.80 Å². The van der Waals surface area contributed by atoms with Crippen LogP contribution in [0.2, 0.25) is 0 Å². The Morgan fingerprint density at radius 3 is 2.60 bits per heavy atom. The van der Waals surface area contributed by atoms with Crippen LogP contribution in [0.25, 0.3) is 0 Å². The highest BCUT2D eigenvalue weighted by Crippen LogP contribution is 2.14. The molecule has 1 aromatic heterocycles. The van der Waals surface area contributed by atoms with Crippen molar-refractivity contribution in [3.05, 3.63) is 28.2 Å². The number of pyridine rings is 1. The van der Waals surface area contributed by atoms with Gasteiger partial charge in [-0.1, -0.05) is 6.42 Å². The van der Waals surface area contributed by atoms with Crippen LogP contribution in [-0.2, 0) is 13.1 Å². The molecule has 1 fully saturated rings. The van der Waals surface area contributed by atoms with Crippen molar-refractivity contribution in [3.63, 3.8) is 0 Å². The van der Waals surface area contributed by atoms with E-state index in [1.54, 1.807) is 12.3 Å². The van der Waals surface area contributed by atoms with Crippen LogP contribution in [0.4, 0.5) is 0 Å². The van der Waals surface area contributed by atoms with Crippen molar-refractivity contribution in [2.24, 2.45) is 0 Å². The molecule has 1 aliphatic heterocycles. The molecular formula is C15H25N3O2. The van der Waals surface area contributed by atoms with Gasteiger partial charge in [0.25, 0.3) is 0 Å². The lowest BCUT2D eigenvalue weighted by Crippen LogP contribution is -2.31. The summed E-state index contributed by atoms with van der Waals surface area (Å²) in [6.07, 6.45) is 5.35. The Kier molecular flexibility index (Phi) is 5.20. The van der Waals surface area contributed by atoms with Crippen LogP contribution < -0.4 is 5.43 Å². The van der Waals surface area contributed by atoms with Gasteiger partial charge in [-0.2, -0.15) is 0 Å². The third-order valence-corrected chi connectivity index (χ3v) is 3.82. The summed E-state index contributed by atoms with van der Waals surface area (Å²) in [6, 6.07) is 1.58. The molecule has 0 spiro atoms. The number of aromatic hydroxyl groups is 1. The summed E-state index contributed by atoms with van der Waals surface area (Å²) in [5, 5.41) is 9.64. The topological polar surface area (TPSA) is 48.7 Å². The lowest BCUT2D eigenvalue weighted by molar-refractivity contribution is 0.214. The normalized spacial score (nSPS) is 16.8. The second kappa shape index (κ2) is 6.90. The van der Waals surface area contributed by atoms with Gasteiger partial charge in [-0.15, -0.1) is 0 Å². The average Bonchev–Trinajstić information content (AvgIpc) is 2.42. The lowest BCUT2D eigenvalue weighted by atomic mass is 10.1. The molecule has 2 rings (SSSR count). The van der Waals surface area contributed by atoms with Crippen molar-refractivity contribution in [2.75, 3.05) is 33.7 Å². The van der Waals surface area contributed by atoms with Crippen molar-refractivity contribution in [1.82, 2.24) is 14.4 Å². The molecule has 5 heteroatoms. The van der Waals surface area contributed by atoms with Crippen molar-refractivity contribution in [2.45, 2.75) is 32.4 Å². The molecule has 0 saturated carbocycles. The fraction of sp³-hybridized carbons (Fsp3) is 0.667. The minimum absolute atomic E-state index is 0.161. The first-order valence-corrected chi connectivity index (χ1v) is 7.35. The van der Waals surface area contributed by atoms with E-state index in [0.717, 1.165) is 38.4 Å². The summed E-state index contributed by atoms with van der Waals surface area (Å²) < 4.78 is 2.01. The lowest BCUT2D eigenvalue weighted by Gasteiger charge is -2.28. The highest BCUT2D eigenvalue weighted by molar-refractivity contribution is 5.20. The Labute approximate surface area is 120 Å². The van der Waals surface area contributed by atoms with Crippen LogP contribution in [0, 0.1) is 0 Å². The molecular weight excluding hydrogens is 254 g/mol. The number of likely N-dealkylation sites (tertiary alicyclic amines) is 1. The van der Waals surface area contributed by atoms with Gasteiger partial charge in [0.05, 0.1) is 6.20 Å². The van der Waals surface area contributed by atoms with E-state index in [1.165, 1.54) is 19.3 Å². The summed E-state index contributed by atoms with van der Waals surface area (Å²) in [5.74, 6) is -0.161. The maximum absolute atomic E-state index is 11.7. The third-order valence-electron chi connectivity index (χ3n) is 3.82. The van der Waals surface area contributed by atoms with Crippen molar-refractivity contribution in [3.8, 4) is 5.75 Å². The first-order chi connectivity index (χ1) is 9.56. The molecule has 1 aromatic rings. The largest absolute Gasteiger partial charge is 0.503 e. The summed E-state index contributed by atoms with van der Waals surface area (Å²) in [6.45, 7) is 4.66. The summed E-state index contributed by atoms with van der Waals surface area (Å²) >= 11 is 0. The van der Waals surface area contributed by atoms with E-state index >= 15 is 0 Å². The number of piperidine rings is 1. The highest BCUT2D eigenvalue weighted by atomic mass is 16.3. The molecule has 0 aromatic carbocycles. The molecule has 20 heavy (non-hydrogen) atoms. The predicted molar refractivity (Wildman–Crippen MR) is 80.0 cm³/mol. The van der Waals surface area contributed by atoms with Crippen LogP contribution in [0.15, 0.2) is 17.1 Å². The zero-order valence-corrected chi connectivity index (χ0v) is 12.5. The van der Waals surface area contributed by atoms with Gasteiger partial charge in [-0.3, -0.25) is 9.69 Å². The van der Waals surface area contributed by atoms with Crippen LogP contribution in [0.5, 0.6) is 5.75 Å². The van der Waals surface area contributed by atoms with Gasteiger partial charge in [0, 0.05) is 31.4 Å². The number of nitrogens with zero attached hydrogens (tertiary/aromatic N) is 3. The molecule has 1 aliphatic rings. The minimum atomic E-state index is -0.280. The minimum Gasteiger partial charge on any atom is -0.503 e. The summed E-state index contributed by atoms with van der Waals surface area (Å²) in [4.78, 5) is 16.2. The molecule has 1 N–H and O–H groups in total. The molecule has 0 radical (unpaired) electrons. The quantitative estimate of drug-likeness (QED) is 0.877. The predicted octanol–water partition coefficient (Wildman–Crippen LogP) is 1.10. The SMILES string of the molecule is CN(C)CCn1cc(O)c(=O)cc1CN1CCCCC1. The second-order valence-electron chi connectivity index (χ2n) is 5.85. The van der Waals surface area contributed by atoms with E-state index in [0.29, 0.717) is 0 Å². The zero-order chi connectivity index (χ0) is 14.5. The second-order valence-corrected chi connectivity index (χ2v) is 5.85. The number of hydrogen-bond donors (Lipinski definition) is 1. The van der Waals surface area contributed by atoms with E-state index in [-0.39, 0.29) is 11.2 Å². The molecule has 5 nitrogen and oxygen atoms in total. The van der Waals surface area contributed by atoms with Gasteiger partial charge in [0.15, 0.2) is 5.75 Å². The Hall–Kier alpha value is -1.33. The first-order valence-electron chi connectivity index (χ1n) is 7.35. The molecule has 2 heterocycles. The van der Waals surface area contributed by atoms with Gasteiger partial charge in [0.2, 0.25) is 5.43 Å². The van der Waals surface area contributed by atoms with Gasteiger partial charge in [-0.05, 0) is 40.0 Å². The number of aromatic nitrogens is 1. The Morgan fingerprint density at radius 1 is 1.25 bits per heavy atom. The molecule has 1 saturated heterocycles. The fourth-order valence-corrected chi connectivity index (χ4v) is 2.60. The molecule has 112 valence electrons. The number of hydrogen-bond acceptors (Lipinski definition) is 4. The van der Waals surface area contributed by atoms with E-state index < -0.39 is 0 Å². The van der Waals surface area contributed by atoms with Gasteiger partial charge < -0.3 is 14.6 Å². The Morgan fingerprint density at radius 2 is 1.95 bits per heavy atom. The van der Waals surface area contributed by atoms with Gasteiger partial charge in [-0.25, -0.2) is 0 Å². The van der Waals surface area contributed by atoms with Crippen molar-refractivity contribution in [1.29, 1.82) is 0 Å². The smallest absolute Gasteiger partial charge is 0.223 e. The highest BCUT2D eigenvalue weighted by Gasteiger charge is 2.13. The summed E-state index contributed by atoms with van der Waals surface area (Å²) in [7, 11) is 4.04. The maximum Gasteiger partial charge on any atom is 0.223 e. The van der Waals surface area contributed by atoms with E-state index in [4.69, 9.17) is 0 Å².